The maximum Gasteiger partial charge on any atom is 0.228 e. The van der Waals surface area contributed by atoms with Crippen LogP contribution in [-0.4, -0.2) is 29.1 Å². The van der Waals surface area contributed by atoms with Gasteiger partial charge in [-0.15, -0.1) is 0 Å². The normalized spacial score (nSPS) is 14.8. The molecule has 0 unspecified atom stereocenters. The Morgan fingerprint density at radius 2 is 2.33 bits per heavy atom. The van der Waals surface area contributed by atoms with Gasteiger partial charge in [-0.2, -0.15) is 0 Å². The second-order valence-corrected chi connectivity index (χ2v) is 5.28. The van der Waals surface area contributed by atoms with E-state index in [1.165, 1.54) is 11.1 Å². The van der Waals surface area contributed by atoms with Crippen molar-refractivity contribution in [3.63, 3.8) is 0 Å². The molecular formula is C14H18N2OS. The van der Waals surface area contributed by atoms with Crippen molar-refractivity contribution in [2.24, 2.45) is 4.99 Å². The molecule has 1 aliphatic heterocycles. The number of carbonyl (C=O) groups excluding carboxylic acids is 1. The van der Waals surface area contributed by atoms with E-state index in [4.69, 9.17) is 0 Å². The molecule has 0 atom stereocenters. The number of hydrogen-bond donors (Lipinski definition) is 0. The molecule has 3 nitrogen and oxygen atoms in total. The quantitative estimate of drug-likeness (QED) is 0.839. The van der Waals surface area contributed by atoms with E-state index in [0.717, 1.165) is 24.0 Å². The summed E-state index contributed by atoms with van der Waals surface area (Å²) in [6.07, 6.45) is 0.546. The van der Waals surface area contributed by atoms with Crippen LogP contribution in [0.3, 0.4) is 0 Å². The van der Waals surface area contributed by atoms with Crippen molar-refractivity contribution in [3.05, 3.63) is 35.4 Å². The zero-order valence-corrected chi connectivity index (χ0v) is 11.7. The number of amidine groups is 1. The van der Waals surface area contributed by atoms with Gasteiger partial charge < -0.3 is 0 Å². The van der Waals surface area contributed by atoms with Gasteiger partial charge in [-0.25, -0.2) is 0 Å². The molecule has 0 N–H and O–H groups in total. The Labute approximate surface area is 112 Å². The van der Waals surface area contributed by atoms with Crippen molar-refractivity contribution >= 4 is 22.8 Å². The van der Waals surface area contributed by atoms with Gasteiger partial charge in [-0.05, 0) is 12.5 Å². The average Bonchev–Trinajstić information content (AvgIpc) is 2.84. The van der Waals surface area contributed by atoms with Crippen LogP contribution in [0, 0.1) is 6.92 Å². The highest BCUT2D eigenvalue weighted by molar-refractivity contribution is 8.13. The monoisotopic (exact) mass is 262 g/mol. The Hall–Kier alpha value is -1.29. The van der Waals surface area contributed by atoms with Gasteiger partial charge in [0.25, 0.3) is 0 Å². The Balaban J connectivity index is 1.96. The van der Waals surface area contributed by atoms with E-state index in [0.29, 0.717) is 6.42 Å². The topological polar surface area (TPSA) is 32.7 Å². The van der Waals surface area contributed by atoms with Crippen LogP contribution >= 0.6 is 11.8 Å². The lowest BCUT2D eigenvalue weighted by Gasteiger charge is -2.16. The highest BCUT2D eigenvalue weighted by Crippen LogP contribution is 2.20. The van der Waals surface area contributed by atoms with E-state index in [1.807, 2.05) is 6.92 Å². The predicted octanol–water partition coefficient (Wildman–Crippen LogP) is 2.84. The van der Waals surface area contributed by atoms with Crippen LogP contribution in [-0.2, 0) is 10.5 Å². The first kappa shape index (κ1) is 13.1. The summed E-state index contributed by atoms with van der Waals surface area (Å²) in [6.45, 7) is 5.46. The van der Waals surface area contributed by atoms with E-state index in [1.54, 1.807) is 16.7 Å². The van der Waals surface area contributed by atoms with Crippen LogP contribution in [0.25, 0.3) is 0 Å². The number of benzene rings is 1. The molecule has 0 saturated heterocycles. The second-order valence-electron chi connectivity index (χ2n) is 4.34. The lowest BCUT2D eigenvalue weighted by atomic mass is 10.2. The molecule has 0 bridgehead atoms. The Kier molecular flexibility index (Phi) is 4.42. The summed E-state index contributed by atoms with van der Waals surface area (Å²) >= 11 is 1.65. The summed E-state index contributed by atoms with van der Waals surface area (Å²) in [7, 11) is 0. The van der Waals surface area contributed by atoms with E-state index in [2.05, 4.69) is 36.2 Å². The van der Waals surface area contributed by atoms with Gasteiger partial charge >= 0.3 is 0 Å². The molecule has 0 fully saturated rings. The van der Waals surface area contributed by atoms with Crippen LogP contribution in [0.4, 0.5) is 0 Å². The largest absolute Gasteiger partial charge is 0.290 e. The van der Waals surface area contributed by atoms with Crippen molar-refractivity contribution in [1.82, 2.24) is 4.90 Å². The van der Waals surface area contributed by atoms with Crippen LogP contribution < -0.4 is 0 Å². The second kappa shape index (κ2) is 6.05. The first-order valence-electron chi connectivity index (χ1n) is 6.24. The summed E-state index contributed by atoms with van der Waals surface area (Å²) < 4.78 is 0. The maximum absolute atomic E-state index is 11.7. The molecular weight excluding hydrogens is 244 g/mol. The molecule has 0 aromatic heterocycles. The zero-order valence-electron chi connectivity index (χ0n) is 10.8. The summed E-state index contributed by atoms with van der Waals surface area (Å²) in [5, 5.41) is 0.878. The van der Waals surface area contributed by atoms with E-state index in [9.17, 15) is 4.79 Å². The molecule has 1 aromatic rings. The van der Waals surface area contributed by atoms with E-state index >= 15 is 0 Å². The number of amides is 1. The first-order chi connectivity index (χ1) is 8.70. The predicted molar refractivity (Wildman–Crippen MR) is 76.8 cm³/mol. The van der Waals surface area contributed by atoms with Gasteiger partial charge in [0.15, 0.2) is 5.17 Å². The molecule has 1 aromatic carbocycles. The van der Waals surface area contributed by atoms with E-state index < -0.39 is 0 Å². The molecule has 1 amide bonds. The third-order valence-electron chi connectivity index (χ3n) is 2.86. The first-order valence-corrected chi connectivity index (χ1v) is 7.22. The molecule has 2 rings (SSSR count). The molecule has 96 valence electrons. The van der Waals surface area contributed by atoms with Crippen molar-refractivity contribution < 1.29 is 4.79 Å². The fourth-order valence-electron chi connectivity index (χ4n) is 1.92. The number of carbonyl (C=O) groups is 1. The maximum atomic E-state index is 11.7. The van der Waals surface area contributed by atoms with Crippen molar-refractivity contribution in [2.45, 2.75) is 26.0 Å². The molecule has 18 heavy (non-hydrogen) atoms. The Bertz CT molecular complexity index is 471. The third-order valence-corrected chi connectivity index (χ3v) is 3.94. The van der Waals surface area contributed by atoms with Gasteiger partial charge in [0.2, 0.25) is 5.91 Å². The number of aryl methyl sites for hydroxylation is 1. The highest BCUT2D eigenvalue weighted by Gasteiger charge is 2.22. The molecule has 0 spiro atoms. The Morgan fingerprint density at radius 3 is 3.06 bits per heavy atom. The average molecular weight is 262 g/mol. The number of thioether (sulfide) groups is 1. The van der Waals surface area contributed by atoms with Crippen LogP contribution in [0.1, 0.15) is 24.5 Å². The SMILES string of the molecule is CCC(=O)N1CCN=C1SCc1cccc(C)c1. The van der Waals surface area contributed by atoms with Gasteiger partial charge in [-0.1, -0.05) is 48.5 Å². The Morgan fingerprint density at radius 1 is 1.50 bits per heavy atom. The molecule has 1 aliphatic rings. The lowest BCUT2D eigenvalue weighted by molar-refractivity contribution is -0.126. The molecule has 0 saturated carbocycles. The minimum Gasteiger partial charge on any atom is -0.290 e. The fourth-order valence-corrected chi connectivity index (χ4v) is 2.93. The number of rotatable bonds is 3. The zero-order chi connectivity index (χ0) is 13.0. The summed E-state index contributed by atoms with van der Waals surface area (Å²) in [4.78, 5) is 17.9. The number of hydrogen-bond acceptors (Lipinski definition) is 3. The van der Waals surface area contributed by atoms with Crippen molar-refractivity contribution in [3.8, 4) is 0 Å². The minimum absolute atomic E-state index is 0.169. The third kappa shape index (κ3) is 3.13. The van der Waals surface area contributed by atoms with Gasteiger partial charge in [0, 0.05) is 18.7 Å². The molecule has 4 heteroatoms. The summed E-state index contributed by atoms with van der Waals surface area (Å²) in [5.74, 6) is 1.04. The molecule has 0 radical (unpaired) electrons. The van der Waals surface area contributed by atoms with Crippen LogP contribution in [0.15, 0.2) is 29.3 Å². The standard InChI is InChI=1S/C14H18N2OS/c1-3-13(17)16-8-7-15-14(16)18-10-12-6-4-5-11(2)9-12/h4-6,9H,3,7-8,10H2,1-2H3. The van der Waals surface area contributed by atoms with Gasteiger partial charge in [-0.3, -0.25) is 14.7 Å². The highest BCUT2D eigenvalue weighted by atomic mass is 32.2. The fraction of sp³-hybridized carbons (Fsp3) is 0.429. The van der Waals surface area contributed by atoms with Gasteiger partial charge in [0.1, 0.15) is 0 Å². The van der Waals surface area contributed by atoms with Crippen LogP contribution in [0.5, 0.6) is 0 Å². The minimum atomic E-state index is 0.169. The molecule has 1 heterocycles. The molecule has 0 aliphatic carbocycles. The smallest absolute Gasteiger partial charge is 0.228 e. The number of aliphatic imine (C=N–C) groups is 1. The van der Waals surface area contributed by atoms with Crippen molar-refractivity contribution in [1.29, 1.82) is 0 Å². The van der Waals surface area contributed by atoms with Gasteiger partial charge in [0.05, 0.1) is 6.54 Å². The summed E-state index contributed by atoms with van der Waals surface area (Å²) in [5.41, 5.74) is 2.54. The van der Waals surface area contributed by atoms with Crippen LogP contribution in [0.2, 0.25) is 0 Å². The summed E-state index contributed by atoms with van der Waals surface area (Å²) in [6, 6.07) is 8.45. The number of nitrogens with zero attached hydrogens (tertiary/aromatic N) is 2. The van der Waals surface area contributed by atoms with Crippen molar-refractivity contribution in [2.75, 3.05) is 13.1 Å². The van der Waals surface area contributed by atoms with E-state index in [-0.39, 0.29) is 5.91 Å². The lowest BCUT2D eigenvalue weighted by Crippen LogP contribution is -2.32.